The molecule has 94 valence electrons. The van der Waals surface area contributed by atoms with Gasteiger partial charge in [-0.05, 0) is 17.7 Å². The predicted molar refractivity (Wildman–Crippen MR) is 67.9 cm³/mol. The molecule has 0 aliphatic rings. The molecule has 2 nitrogen and oxygen atoms in total. The Labute approximate surface area is 106 Å². The van der Waals surface area contributed by atoms with Crippen molar-refractivity contribution in [2.75, 3.05) is 6.54 Å². The average Bonchev–Trinajstić information content (AvgIpc) is 2.21. The van der Waals surface area contributed by atoms with Crippen molar-refractivity contribution in [1.29, 1.82) is 0 Å². The van der Waals surface area contributed by atoms with E-state index in [9.17, 15) is 9.18 Å². The van der Waals surface area contributed by atoms with Crippen molar-refractivity contribution in [2.24, 2.45) is 0 Å². The van der Waals surface area contributed by atoms with Crippen molar-refractivity contribution >= 4 is 17.4 Å². The first-order valence-corrected chi connectivity index (χ1v) is 6.06. The zero-order valence-electron chi connectivity index (χ0n) is 10.1. The summed E-state index contributed by atoms with van der Waals surface area (Å²) in [4.78, 5) is 11.6. The van der Waals surface area contributed by atoms with E-state index in [1.165, 1.54) is 6.07 Å². The molecule has 0 aliphatic carbocycles. The molecule has 0 saturated heterocycles. The highest BCUT2D eigenvalue weighted by Crippen LogP contribution is 2.15. The zero-order valence-corrected chi connectivity index (χ0v) is 10.9. The van der Waals surface area contributed by atoms with Crippen LogP contribution in [0.25, 0.3) is 0 Å². The first-order chi connectivity index (χ1) is 7.99. The van der Waals surface area contributed by atoms with E-state index in [2.05, 4.69) is 5.32 Å². The maximum Gasteiger partial charge on any atom is 0.138 e. The van der Waals surface area contributed by atoms with Crippen LogP contribution in [0.5, 0.6) is 0 Å². The van der Waals surface area contributed by atoms with Gasteiger partial charge in [0, 0.05) is 30.5 Å². The molecule has 0 aliphatic heterocycles. The Kier molecular flexibility index (Phi) is 5.59. The van der Waals surface area contributed by atoms with Crippen LogP contribution in [0.4, 0.5) is 4.39 Å². The van der Waals surface area contributed by atoms with Crippen LogP contribution < -0.4 is 5.32 Å². The molecular formula is C13H17ClFNO. The topological polar surface area (TPSA) is 29.1 Å². The minimum absolute atomic E-state index is 0.0272. The minimum Gasteiger partial charge on any atom is -0.314 e. The lowest BCUT2D eigenvalue weighted by atomic mass is 10.1. The second-order valence-corrected chi connectivity index (χ2v) is 4.75. The second-order valence-electron chi connectivity index (χ2n) is 4.31. The molecule has 0 radical (unpaired) electrons. The summed E-state index contributed by atoms with van der Waals surface area (Å²) in [6.07, 6.45) is 0.545. The standard InChI is InChI=1S/C13H17ClFNO/c1-9(2)16-6-5-12(17)7-10-3-4-11(14)8-13(10)15/h3-4,8-9,16H,5-7H2,1-2H3. The fourth-order valence-electron chi connectivity index (χ4n) is 1.47. The smallest absolute Gasteiger partial charge is 0.138 e. The largest absolute Gasteiger partial charge is 0.314 e. The number of Topliss-reactive ketones (excluding diaryl/α,β-unsaturated/α-hetero) is 1. The van der Waals surface area contributed by atoms with Crippen LogP contribution in [0, 0.1) is 5.82 Å². The van der Waals surface area contributed by atoms with E-state index in [0.29, 0.717) is 29.6 Å². The van der Waals surface area contributed by atoms with E-state index in [0.717, 1.165) is 0 Å². The van der Waals surface area contributed by atoms with Gasteiger partial charge in [0.05, 0.1) is 0 Å². The highest BCUT2D eigenvalue weighted by Gasteiger charge is 2.08. The van der Waals surface area contributed by atoms with Crippen LogP contribution in [0.1, 0.15) is 25.8 Å². The maximum absolute atomic E-state index is 13.4. The number of halogens is 2. The van der Waals surface area contributed by atoms with Gasteiger partial charge in [-0.2, -0.15) is 0 Å². The highest BCUT2D eigenvalue weighted by atomic mass is 35.5. The van der Waals surface area contributed by atoms with Crippen molar-refractivity contribution in [2.45, 2.75) is 32.7 Å². The first-order valence-electron chi connectivity index (χ1n) is 5.68. The van der Waals surface area contributed by atoms with Gasteiger partial charge < -0.3 is 5.32 Å². The number of hydrogen-bond acceptors (Lipinski definition) is 2. The number of nitrogens with one attached hydrogen (secondary N) is 1. The molecule has 0 spiro atoms. The average molecular weight is 258 g/mol. The van der Waals surface area contributed by atoms with Crippen molar-refractivity contribution in [3.63, 3.8) is 0 Å². The molecule has 0 heterocycles. The summed E-state index contributed by atoms with van der Waals surface area (Å²) in [5.41, 5.74) is 0.406. The quantitative estimate of drug-likeness (QED) is 0.849. The molecule has 0 saturated carbocycles. The monoisotopic (exact) mass is 257 g/mol. The minimum atomic E-state index is -0.414. The fraction of sp³-hybridized carbons (Fsp3) is 0.462. The number of rotatable bonds is 6. The van der Waals surface area contributed by atoms with Crippen LogP contribution in [0.15, 0.2) is 18.2 Å². The molecule has 4 heteroatoms. The van der Waals surface area contributed by atoms with Gasteiger partial charge in [-0.15, -0.1) is 0 Å². The summed E-state index contributed by atoms with van der Waals surface area (Å²) in [5, 5.41) is 3.50. The summed E-state index contributed by atoms with van der Waals surface area (Å²) in [5.74, 6) is -0.387. The van der Waals surface area contributed by atoms with Crippen molar-refractivity contribution < 1.29 is 9.18 Å². The number of carbonyl (C=O) groups excluding carboxylic acids is 1. The van der Waals surface area contributed by atoms with E-state index in [4.69, 9.17) is 11.6 Å². The van der Waals surface area contributed by atoms with Crippen LogP contribution >= 0.6 is 11.6 Å². The van der Waals surface area contributed by atoms with Gasteiger partial charge in [-0.25, -0.2) is 4.39 Å². The lowest BCUT2D eigenvalue weighted by molar-refractivity contribution is -0.118. The van der Waals surface area contributed by atoms with Gasteiger partial charge in [0.15, 0.2) is 0 Å². The molecule has 0 unspecified atom stereocenters. The van der Waals surface area contributed by atoms with Gasteiger partial charge in [0.2, 0.25) is 0 Å². The SMILES string of the molecule is CC(C)NCCC(=O)Cc1ccc(Cl)cc1F. The second kappa shape index (κ2) is 6.72. The molecule has 1 rings (SSSR count). The molecule has 1 aromatic rings. The Morgan fingerprint density at radius 3 is 2.76 bits per heavy atom. The lowest BCUT2D eigenvalue weighted by Gasteiger charge is -2.07. The van der Waals surface area contributed by atoms with Crippen molar-refractivity contribution in [1.82, 2.24) is 5.32 Å². The third-order valence-electron chi connectivity index (χ3n) is 2.36. The normalized spacial score (nSPS) is 10.9. The molecule has 1 aromatic carbocycles. The van der Waals surface area contributed by atoms with Gasteiger partial charge >= 0.3 is 0 Å². The summed E-state index contributed by atoms with van der Waals surface area (Å²) >= 11 is 5.64. The Hall–Kier alpha value is -0.930. The number of hydrogen-bond donors (Lipinski definition) is 1. The molecule has 0 bridgehead atoms. The third kappa shape index (κ3) is 5.29. The van der Waals surface area contributed by atoms with E-state index in [-0.39, 0.29) is 12.2 Å². The number of carbonyl (C=O) groups is 1. The van der Waals surface area contributed by atoms with Crippen LogP contribution in [0.3, 0.4) is 0 Å². The fourth-order valence-corrected chi connectivity index (χ4v) is 1.62. The van der Waals surface area contributed by atoms with E-state index < -0.39 is 5.82 Å². The molecule has 17 heavy (non-hydrogen) atoms. The summed E-state index contributed by atoms with van der Waals surface area (Å²) in [6, 6.07) is 4.75. The van der Waals surface area contributed by atoms with Crippen LogP contribution in [0.2, 0.25) is 5.02 Å². The molecular weight excluding hydrogens is 241 g/mol. The zero-order chi connectivity index (χ0) is 12.8. The predicted octanol–water partition coefficient (Wildman–Crippen LogP) is 2.98. The Balaban J connectivity index is 2.45. The van der Waals surface area contributed by atoms with Crippen LogP contribution in [-0.4, -0.2) is 18.4 Å². The highest BCUT2D eigenvalue weighted by molar-refractivity contribution is 6.30. The Morgan fingerprint density at radius 1 is 1.47 bits per heavy atom. The Morgan fingerprint density at radius 2 is 2.18 bits per heavy atom. The summed E-state index contributed by atoms with van der Waals surface area (Å²) in [7, 11) is 0. The third-order valence-corrected chi connectivity index (χ3v) is 2.59. The van der Waals surface area contributed by atoms with Gasteiger partial charge in [0.1, 0.15) is 11.6 Å². The van der Waals surface area contributed by atoms with Crippen molar-refractivity contribution in [3.8, 4) is 0 Å². The van der Waals surface area contributed by atoms with Gasteiger partial charge in [0.25, 0.3) is 0 Å². The van der Waals surface area contributed by atoms with E-state index in [1.54, 1.807) is 12.1 Å². The van der Waals surface area contributed by atoms with Gasteiger partial charge in [-0.3, -0.25) is 4.79 Å². The molecule has 0 amide bonds. The Bertz CT molecular complexity index is 393. The van der Waals surface area contributed by atoms with Gasteiger partial charge in [-0.1, -0.05) is 31.5 Å². The lowest BCUT2D eigenvalue weighted by Crippen LogP contribution is -2.25. The maximum atomic E-state index is 13.4. The van der Waals surface area contributed by atoms with E-state index >= 15 is 0 Å². The molecule has 0 atom stereocenters. The number of benzene rings is 1. The molecule has 0 aromatic heterocycles. The first kappa shape index (κ1) is 14.1. The number of ketones is 1. The molecule has 1 N–H and O–H groups in total. The van der Waals surface area contributed by atoms with Crippen molar-refractivity contribution in [3.05, 3.63) is 34.6 Å². The van der Waals surface area contributed by atoms with Crippen LogP contribution in [-0.2, 0) is 11.2 Å². The molecule has 0 fully saturated rings. The summed E-state index contributed by atoms with van der Waals surface area (Å²) in [6.45, 7) is 4.67. The summed E-state index contributed by atoms with van der Waals surface area (Å²) < 4.78 is 13.4. The van der Waals surface area contributed by atoms with E-state index in [1.807, 2.05) is 13.8 Å².